The molecular weight excluding hydrogens is 318 g/mol. The molecule has 2 aromatic rings. The van der Waals surface area contributed by atoms with Gasteiger partial charge in [0.25, 0.3) is 5.91 Å². The van der Waals surface area contributed by atoms with Crippen LogP contribution in [-0.2, 0) is 16.3 Å². The smallest absolute Gasteiger partial charge is 0.335 e. The lowest BCUT2D eigenvalue weighted by Gasteiger charge is -2.04. The maximum absolute atomic E-state index is 11.9. The first-order chi connectivity index (χ1) is 9.88. The summed E-state index contributed by atoms with van der Waals surface area (Å²) in [7, 11) is -3.52. The second-order valence-corrected chi connectivity index (χ2v) is 6.52. The molecule has 0 saturated carbocycles. The van der Waals surface area contributed by atoms with E-state index in [-0.39, 0.29) is 24.8 Å². The Morgan fingerprint density at radius 3 is 2.67 bits per heavy atom. The third-order valence-corrected chi connectivity index (χ3v) is 3.64. The molecule has 1 aromatic carbocycles. The molecule has 0 aliphatic carbocycles. The van der Waals surface area contributed by atoms with E-state index in [0.29, 0.717) is 10.6 Å². The van der Waals surface area contributed by atoms with Gasteiger partial charge < -0.3 is 9.73 Å². The normalized spacial score (nSPS) is 11.3. The fraction of sp³-hybridized carbons (Fsp3) is 0.250. The van der Waals surface area contributed by atoms with E-state index in [4.69, 9.17) is 16.0 Å². The molecule has 1 heterocycles. The first-order valence-electron chi connectivity index (χ1n) is 5.93. The Hall–Kier alpha value is -1.93. The van der Waals surface area contributed by atoms with Gasteiger partial charge in [-0.05, 0) is 12.1 Å². The molecule has 0 unspecified atom stereocenters. The van der Waals surface area contributed by atoms with Gasteiger partial charge in [-0.25, -0.2) is 8.42 Å². The number of amides is 1. The van der Waals surface area contributed by atoms with E-state index in [2.05, 4.69) is 15.5 Å². The summed E-state index contributed by atoms with van der Waals surface area (Å²) in [6, 6.07) is 6.65. The summed E-state index contributed by atoms with van der Waals surface area (Å²) in [5, 5.41) is 9.57. The predicted molar refractivity (Wildman–Crippen MR) is 74.9 cm³/mol. The lowest BCUT2D eigenvalue weighted by molar-refractivity contribution is 0.0953. The summed E-state index contributed by atoms with van der Waals surface area (Å²) in [6.07, 6.45) is 1.20. The number of rotatable bonds is 5. The van der Waals surface area contributed by atoms with Crippen LogP contribution in [0.2, 0.25) is 5.02 Å². The minimum atomic E-state index is -3.52. The quantitative estimate of drug-likeness (QED) is 0.881. The highest BCUT2D eigenvalue weighted by molar-refractivity contribution is 7.90. The Bertz CT molecular complexity index is 757. The summed E-state index contributed by atoms with van der Waals surface area (Å²) in [5.74, 6) is -0.196. The summed E-state index contributed by atoms with van der Waals surface area (Å²) in [4.78, 5) is 11.9. The van der Waals surface area contributed by atoms with E-state index in [9.17, 15) is 13.2 Å². The molecule has 0 bridgehead atoms. The highest BCUT2D eigenvalue weighted by Gasteiger charge is 2.16. The Kier molecular flexibility index (Phi) is 4.59. The van der Waals surface area contributed by atoms with Gasteiger partial charge in [0.15, 0.2) is 0 Å². The van der Waals surface area contributed by atoms with Crippen LogP contribution in [-0.4, -0.2) is 37.3 Å². The van der Waals surface area contributed by atoms with Crippen molar-refractivity contribution < 1.29 is 17.6 Å². The summed E-state index contributed by atoms with van der Waals surface area (Å²) >= 11 is 5.90. The van der Waals surface area contributed by atoms with Crippen molar-refractivity contribution in [2.24, 2.45) is 0 Å². The zero-order chi connectivity index (χ0) is 15.5. The van der Waals surface area contributed by atoms with Crippen LogP contribution in [0.25, 0.3) is 0 Å². The molecule has 0 aliphatic rings. The minimum absolute atomic E-state index is 0.134. The number of halogens is 1. The molecule has 2 rings (SSSR count). The molecule has 0 spiro atoms. The monoisotopic (exact) mass is 329 g/mol. The van der Waals surface area contributed by atoms with Crippen molar-refractivity contribution in [3.05, 3.63) is 40.7 Å². The molecule has 1 amide bonds. The van der Waals surface area contributed by atoms with Crippen LogP contribution in [0.3, 0.4) is 0 Å². The van der Waals surface area contributed by atoms with Crippen LogP contribution >= 0.6 is 11.6 Å². The van der Waals surface area contributed by atoms with Crippen LogP contribution in [0.5, 0.6) is 0 Å². The number of aromatic nitrogens is 2. The average molecular weight is 330 g/mol. The molecule has 0 radical (unpaired) electrons. The number of sulfone groups is 1. The van der Waals surface area contributed by atoms with E-state index in [1.165, 1.54) is 0 Å². The van der Waals surface area contributed by atoms with Gasteiger partial charge >= 0.3 is 5.22 Å². The van der Waals surface area contributed by atoms with Crippen molar-refractivity contribution in [2.45, 2.75) is 11.6 Å². The van der Waals surface area contributed by atoms with Gasteiger partial charge in [-0.2, -0.15) is 0 Å². The molecule has 112 valence electrons. The number of hydrogen-bond donors (Lipinski definition) is 1. The van der Waals surface area contributed by atoms with Crippen molar-refractivity contribution in [3.63, 3.8) is 0 Å². The molecule has 0 fully saturated rings. The largest absolute Gasteiger partial charge is 0.412 e. The maximum Gasteiger partial charge on any atom is 0.335 e. The van der Waals surface area contributed by atoms with Gasteiger partial charge in [0.2, 0.25) is 15.7 Å². The van der Waals surface area contributed by atoms with E-state index in [1.54, 1.807) is 24.3 Å². The van der Waals surface area contributed by atoms with Gasteiger partial charge in [0.05, 0.1) is 10.6 Å². The fourth-order valence-corrected chi connectivity index (χ4v) is 2.17. The van der Waals surface area contributed by atoms with Crippen molar-refractivity contribution in [3.8, 4) is 0 Å². The summed E-state index contributed by atoms with van der Waals surface area (Å²) < 4.78 is 27.3. The topological polar surface area (TPSA) is 102 Å². The number of nitrogens with zero attached hydrogens (tertiary/aromatic N) is 2. The van der Waals surface area contributed by atoms with Gasteiger partial charge in [-0.3, -0.25) is 4.79 Å². The predicted octanol–water partition coefficient (Wildman–Crippen LogP) is 1.10. The van der Waals surface area contributed by atoms with Crippen molar-refractivity contribution in [1.82, 2.24) is 15.5 Å². The molecule has 21 heavy (non-hydrogen) atoms. The highest BCUT2D eigenvalue weighted by Crippen LogP contribution is 2.14. The fourth-order valence-electron chi connectivity index (χ4n) is 1.51. The number of nitrogens with one attached hydrogen (secondary N) is 1. The third kappa shape index (κ3) is 4.02. The second-order valence-electron chi connectivity index (χ2n) is 4.22. The highest BCUT2D eigenvalue weighted by atomic mass is 35.5. The van der Waals surface area contributed by atoms with Gasteiger partial charge in [-0.1, -0.05) is 28.8 Å². The Morgan fingerprint density at radius 2 is 2.05 bits per heavy atom. The number of hydrogen-bond acceptors (Lipinski definition) is 6. The van der Waals surface area contributed by atoms with Gasteiger partial charge in [-0.15, -0.1) is 5.10 Å². The van der Waals surface area contributed by atoms with Crippen molar-refractivity contribution >= 4 is 27.3 Å². The SMILES string of the molecule is CS(=O)(=O)c1nnc(CCNC(=O)c2ccccc2Cl)o1. The van der Waals surface area contributed by atoms with Gasteiger partial charge in [0.1, 0.15) is 0 Å². The van der Waals surface area contributed by atoms with Crippen LogP contribution in [0.1, 0.15) is 16.2 Å². The minimum Gasteiger partial charge on any atom is -0.412 e. The standard InChI is InChI=1S/C12H12ClN3O4S/c1-21(18,19)12-16-15-10(20-12)6-7-14-11(17)8-4-2-3-5-9(8)13/h2-5H,6-7H2,1H3,(H,14,17). The molecule has 1 aromatic heterocycles. The number of carbonyl (C=O) groups excluding carboxylic acids is 1. The average Bonchev–Trinajstić information content (AvgIpc) is 2.88. The Morgan fingerprint density at radius 1 is 1.33 bits per heavy atom. The van der Waals surface area contributed by atoms with Crippen LogP contribution < -0.4 is 5.32 Å². The summed E-state index contributed by atoms with van der Waals surface area (Å²) in [6.45, 7) is 0.218. The second kappa shape index (κ2) is 6.23. The van der Waals surface area contributed by atoms with Crippen LogP contribution in [0, 0.1) is 0 Å². The van der Waals surface area contributed by atoms with E-state index >= 15 is 0 Å². The number of benzene rings is 1. The molecule has 1 N–H and O–H groups in total. The molecule has 0 aliphatic heterocycles. The third-order valence-electron chi connectivity index (χ3n) is 2.51. The molecule has 0 atom stereocenters. The van der Waals surface area contributed by atoms with Crippen molar-refractivity contribution in [2.75, 3.05) is 12.8 Å². The van der Waals surface area contributed by atoms with E-state index < -0.39 is 15.1 Å². The van der Waals surface area contributed by atoms with Crippen LogP contribution in [0.4, 0.5) is 0 Å². The molecule has 9 heteroatoms. The summed E-state index contributed by atoms with van der Waals surface area (Å²) in [5.41, 5.74) is 0.363. The Balaban J connectivity index is 1.92. The van der Waals surface area contributed by atoms with Crippen molar-refractivity contribution in [1.29, 1.82) is 0 Å². The zero-order valence-electron chi connectivity index (χ0n) is 11.0. The molecule has 7 nitrogen and oxygen atoms in total. The maximum atomic E-state index is 11.9. The lowest BCUT2D eigenvalue weighted by atomic mass is 10.2. The first kappa shape index (κ1) is 15.5. The van der Waals surface area contributed by atoms with E-state index in [0.717, 1.165) is 6.26 Å². The lowest BCUT2D eigenvalue weighted by Crippen LogP contribution is -2.26. The molecular formula is C12H12ClN3O4S. The Labute approximate surface area is 126 Å². The number of carbonyl (C=O) groups is 1. The zero-order valence-corrected chi connectivity index (χ0v) is 12.6. The van der Waals surface area contributed by atoms with E-state index in [1.807, 2.05) is 0 Å². The van der Waals surface area contributed by atoms with Crippen LogP contribution in [0.15, 0.2) is 33.9 Å². The van der Waals surface area contributed by atoms with Gasteiger partial charge in [0, 0.05) is 19.2 Å². The first-order valence-corrected chi connectivity index (χ1v) is 8.20. The molecule has 0 saturated heterocycles.